The Kier molecular flexibility index (Phi) is 7.42. The Hall–Kier alpha value is -3.64. The summed E-state index contributed by atoms with van der Waals surface area (Å²) < 4.78 is 17.2. The van der Waals surface area contributed by atoms with Crippen molar-refractivity contribution in [2.75, 3.05) is 6.61 Å². The summed E-state index contributed by atoms with van der Waals surface area (Å²) in [6, 6.07) is 7.72. The summed E-state index contributed by atoms with van der Waals surface area (Å²) in [6.07, 6.45) is -7.37. The summed E-state index contributed by atoms with van der Waals surface area (Å²) in [5, 5.41) is 61.6. The lowest BCUT2D eigenvalue weighted by atomic mass is 9.89. The van der Waals surface area contributed by atoms with Gasteiger partial charge in [-0.25, -0.2) is 0 Å². The lowest BCUT2D eigenvalue weighted by Gasteiger charge is -2.42. The third-order valence-corrected chi connectivity index (χ3v) is 6.57. The third-order valence-electron chi connectivity index (χ3n) is 6.57. The van der Waals surface area contributed by atoms with E-state index in [0.717, 1.165) is 12.1 Å². The molecule has 4 rings (SSSR count). The minimum atomic E-state index is -1.74. The second-order valence-corrected chi connectivity index (χ2v) is 9.02. The molecule has 11 nitrogen and oxygen atoms in total. The van der Waals surface area contributed by atoms with Gasteiger partial charge in [0.15, 0.2) is 17.1 Å². The molecule has 1 fully saturated rings. The van der Waals surface area contributed by atoms with Crippen LogP contribution < -0.4 is 5.43 Å². The molecule has 0 radical (unpaired) electrons. The molecule has 0 amide bonds. The number of esters is 1. The lowest BCUT2D eigenvalue weighted by molar-refractivity contribution is -0.242. The van der Waals surface area contributed by atoms with E-state index < -0.39 is 65.9 Å². The van der Waals surface area contributed by atoms with Gasteiger partial charge in [0, 0.05) is 17.7 Å². The number of phenols is 3. The van der Waals surface area contributed by atoms with Gasteiger partial charge in [-0.15, -0.1) is 0 Å². The van der Waals surface area contributed by atoms with Gasteiger partial charge in [-0.3, -0.25) is 9.59 Å². The zero-order chi connectivity index (χ0) is 27.0. The Morgan fingerprint density at radius 2 is 1.73 bits per heavy atom. The van der Waals surface area contributed by atoms with Gasteiger partial charge in [-0.1, -0.05) is 13.8 Å². The first-order valence-corrected chi connectivity index (χ1v) is 11.7. The zero-order valence-corrected chi connectivity index (χ0v) is 20.1. The number of rotatable bonds is 6. The molecule has 198 valence electrons. The van der Waals surface area contributed by atoms with E-state index in [1.165, 1.54) is 24.3 Å². The summed E-state index contributed by atoms with van der Waals surface area (Å²) in [5.74, 6) is -2.47. The van der Waals surface area contributed by atoms with Crippen LogP contribution in [0, 0.1) is 5.92 Å². The van der Waals surface area contributed by atoms with Crippen LogP contribution in [0.4, 0.5) is 0 Å². The Morgan fingerprint density at radius 1 is 1.05 bits per heavy atom. The van der Waals surface area contributed by atoms with E-state index in [-0.39, 0.29) is 28.0 Å². The van der Waals surface area contributed by atoms with Gasteiger partial charge in [0.1, 0.15) is 52.8 Å². The molecular weight excluding hydrogens is 488 g/mol. The maximum Gasteiger partial charge on any atom is 0.309 e. The molecule has 3 aromatic rings. The molecule has 2 aromatic carbocycles. The van der Waals surface area contributed by atoms with Crippen LogP contribution in [0.5, 0.6) is 17.2 Å². The van der Waals surface area contributed by atoms with Crippen molar-refractivity contribution in [1.29, 1.82) is 0 Å². The van der Waals surface area contributed by atoms with Crippen molar-refractivity contribution in [2.45, 2.75) is 50.8 Å². The number of aromatic hydroxyl groups is 3. The van der Waals surface area contributed by atoms with Gasteiger partial charge in [0.25, 0.3) is 0 Å². The highest BCUT2D eigenvalue weighted by molar-refractivity contribution is 5.89. The number of ether oxygens (including phenoxy) is 2. The fourth-order valence-corrected chi connectivity index (χ4v) is 4.24. The molecule has 0 aliphatic carbocycles. The maximum atomic E-state index is 13.0. The molecule has 6 atom stereocenters. The molecule has 1 aromatic heterocycles. The highest BCUT2D eigenvalue weighted by Gasteiger charge is 2.49. The second-order valence-electron chi connectivity index (χ2n) is 9.02. The summed E-state index contributed by atoms with van der Waals surface area (Å²) in [7, 11) is 0. The Bertz CT molecular complexity index is 1350. The van der Waals surface area contributed by atoms with Crippen LogP contribution in [0.3, 0.4) is 0 Å². The van der Waals surface area contributed by atoms with Gasteiger partial charge < -0.3 is 44.5 Å². The molecule has 0 bridgehead atoms. The Morgan fingerprint density at radius 3 is 2.35 bits per heavy atom. The van der Waals surface area contributed by atoms with Crippen LogP contribution in [-0.2, 0) is 14.3 Å². The monoisotopic (exact) mass is 516 g/mol. The number of phenolic OH excluding ortho intramolecular Hbond substituents is 3. The normalized spacial score (nSPS) is 24.6. The van der Waals surface area contributed by atoms with Crippen molar-refractivity contribution >= 4 is 16.9 Å². The predicted molar refractivity (Wildman–Crippen MR) is 129 cm³/mol. The molecule has 6 N–H and O–H groups in total. The molecule has 11 heteroatoms. The largest absolute Gasteiger partial charge is 0.508 e. The van der Waals surface area contributed by atoms with Gasteiger partial charge in [-0.05, 0) is 30.7 Å². The molecule has 1 aliphatic rings. The van der Waals surface area contributed by atoms with Crippen LogP contribution in [0.15, 0.2) is 45.6 Å². The molecule has 0 spiro atoms. The quantitative estimate of drug-likeness (QED) is 0.262. The Labute approximate surface area is 210 Å². The number of benzene rings is 2. The van der Waals surface area contributed by atoms with Gasteiger partial charge in [0.05, 0.1) is 18.1 Å². The molecular formula is C26H28O11. The summed E-state index contributed by atoms with van der Waals surface area (Å²) in [6.45, 7) is 2.64. The molecule has 1 aliphatic heterocycles. The number of carbonyl (C=O) groups is 1. The van der Waals surface area contributed by atoms with E-state index in [1.807, 2.05) is 0 Å². The first kappa shape index (κ1) is 26.4. The maximum absolute atomic E-state index is 13.0. The molecule has 0 saturated carbocycles. The highest BCUT2D eigenvalue weighted by atomic mass is 16.6. The molecule has 37 heavy (non-hydrogen) atoms. The van der Waals surface area contributed by atoms with E-state index in [0.29, 0.717) is 12.0 Å². The van der Waals surface area contributed by atoms with Crippen LogP contribution >= 0.6 is 0 Å². The number of fused-ring (bicyclic) bond motifs is 1. The highest BCUT2D eigenvalue weighted by Crippen LogP contribution is 2.44. The van der Waals surface area contributed by atoms with E-state index >= 15 is 0 Å². The zero-order valence-electron chi connectivity index (χ0n) is 20.1. The predicted octanol–water partition coefficient (Wildman–Crippen LogP) is 1.69. The van der Waals surface area contributed by atoms with Crippen LogP contribution in [-0.4, -0.2) is 67.6 Å². The third kappa shape index (κ3) is 4.86. The minimum absolute atomic E-state index is 0.0204. The number of hydrogen-bond donors (Lipinski definition) is 6. The average Bonchev–Trinajstić information content (AvgIpc) is 2.87. The van der Waals surface area contributed by atoms with Crippen molar-refractivity contribution in [3.05, 3.63) is 52.2 Å². The second kappa shape index (κ2) is 10.4. The fourth-order valence-electron chi connectivity index (χ4n) is 4.24. The SMILES string of the molecule is CCC(C)C(=O)OC1[C@@H](O)[C@H](O)C(CO)O[C@H]1c1c(O)cc(O)c2c(=O)cc(-c3ccc(O)cc3)oc12. The molecule has 3 unspecified atom stereocenters. The van der Waals surface area contributed by atoms with E-state index in [1.54, 1.807) is 13.8 Å². The minimum Gasteiger partial charge on any atom is -0.508 e. The number of carbonyl (C=O) groups excluding carboxylic acids is 1. The smallest absolute Gasteiger partial charge is 0.309 e. The standard InChI is InChI=1S/C26H28O11/c1-3-11(2)26(34)37-25-22(33)21(32)18(10-27)36-24(25)20-15(30)8-14(29)19-16(31)9-17(35-23(19)20)12-4-6-13(28)7-5-12/h4-9,11,18,21-22,24-25,27-30,32-33H,3,10H2,1-2H3/t11?,18?,21-,22+,24+,25?/m1/s1. The lowest BCUT2D eigenvalue weighted by Crippen LogP contribution is -2.56. The van der Waals surface area contributed by atoms with E-state index in [4.69, 9.17) is 13.9 Å². The van der Waals surface area contributed by atoms with Crippen molar-refractivity contribution in [1.82, 2.24) is 0 Å². The number of hydrogen-bond acceptors (Lipinski definition) is 11. The van der Waals surface area contributed by atoms with E-state index in [9.17, 15) is 40.2 Å². The first-order valence-electron chi connectivity index (χ1n) is 11.7. The average molecular weight is 516 g/mol. The van der Waals surface area contributed by atoms with Crippen molar-refractivity contribution in [2.24, 2.45) is 5.92 Å². The van der Waals surface area contributed by atoms with Gasteiger partial charge in [0.2, 0.25) is 0 Å². The van der Waals surface area contributed by atoms with Gasteiger partial charge >= 0.3 is 5.97 Å². The number of aliphatic hydroxyl groups excluding tert-OH is 3. The topological polar surface area (TPSA) is 187 Å². The first-order chi connectivity index (χ1) is 17.6. The van der Waals surface area contributed by atoms with Crippen LogP contribution in [0.2, 0.25) is 0 Å². The van der Waals surface area contributed by atoms with Crippen molar-refractivity contribution in [3.63, 3.8) is 0 Å². The summed E-state index contributed by atoms with van der Waals surface area (Å²) >= 11 is 0. The van der Waals surface area contributed by atoms with Gasteiger partial charge in [-0.2, -0.15) is 0 Å². The molecule has 2 heterocycles. The summed E-state index contributed by atoms with van der Waals surface area (Å²) in [4.78, 5) is 25.7. The van der Waals surface area contributed by atoms with Crippen LogP contribution in [0.25, 0.3) is 22.3 Å². The summed E-state index contributed by atoms with van der Waals surface area (Å²) in [5.41, 5.74) is -0.843. The molecule has 1 saturated heterocycles. The fraction of sp³-hybridized carbons (Fsp3) is 0.385. The van der Waals surface area contributed by atoms with Crippen molar-refractivity contribution in [3.8, 4) is 28.6 Å². The Balaban J connectivity index is 1.94. The van der Waals surface area contributed by atoms with E-state index in [2.05, 4.69) is 0 Å². The van der Waals surface area contributed by atoms with Crippen molar-refractivity contribution < 1.29 is 49.3 Å². The number of aliphatic hydroxyl groups is 3. The van der Waals surface area contributed by atoms with Crippen LogP contribution in [0.1, 0.15) is 31.9 Å².